The molecular formula is C35H37FN2O4. The van der Waals surface area contributed by atoms with Gasteiger partial charge in [-0.15, -0.1) is 0 Å². The molecule has 1 aliphatic rings. The molecule has 1 saturated heterocycles. The molecule has 0 radical (unpaired) electrons. The molecule has 0 aromatic heterocycles. The number of nitrogens with zero attached hydrogens (tertiary/aromatic N) is 1. The Morgan fingerprint density at radius 1 is 0.905 bits per heavy atom. The van der Waals surface area contributed by atoms with E-state index in [-0.39, 0.29) is 12.0 Å². The average Bonchev–Trinajstić information content (AvgIpc) is 3.00. The van der Waals surface area contributed by atoms with Crippen molar-refractivity contribution >= 4 is 22.6 Å². The van der Waals surface area contributed by atoms with Crippen molar-refractivity contribution in [1.29, 1.82) is 0 Å². The van der Waals surface area contributed by atoms with E-state index in [0.29, 0.717) is 12.0 Å². The van der Waals surface area contributed by atoms with Gasteiger partial charge in [0.2, 0.25) is 0 Å². The molecule has 218 valence electrons. The molecule has 4 aromatic rings. The minimum atomic E-state index is -1.24. The number of carbonyl (C=O) groups is 2. The number of halogens is 1. The molecule has 1 heterocycles. The Balaban J connectivity index is 1.51. The number of hydrogen-bond acceptors (Lipinski definition) is 4. The van der Waals surface area contributed by atoms with Gasteiger partial charge < -0.3 is 15.2 Å². The third-order valence-electron chi connectivity index (χ3n) is 8.19. The van der Waals surface area contributed by atoms with Gasteiger partial charge in [0, 0.05) is 18.5 Å². The van der Waals surface area contributed by atoms with Crippen LogP contribution in [0.15, 0.2) is 72.8 Å². The zero-order chi connectivity index (χ0) is 29.6. The monoisotopic (exact) mass is 568 g/mol. The van der Waals surface area contributed by atoms with Crippen molar-refractivity contribution in [2.24, 2.45) is 0 Å². The molecule has 0 unspecified atom stereocenters. The van der Waals surface area contributed by atoms with Gasteiger partial charge in [-0.05, 0) is 77.5 Å². The first kappa shape index (κ1) is 29.3. The molecule has 6 nitrogen and oxygen atoms in total. The summed E-state index contributed by atoms with van der Waals surface area (Å²) in [5, 5.41) is 14.5. The van der Waals surface area contributed by atoms with E-state index in [4.69, 9.17) is 4.74 Å². The second-order valence-corrected chi connectivity index (χ2v) is 10.8. The molecule has 1 atom stereocenters. The first-order chi connectivity index (χ1) is 20.4. The summed E-state index contributed by atoms with van der Waals surface area (Å²) in [6.07, 6.45) is 4.17. The highest BCUT2D eigenvalue weighted by atomic mass is 19.1. The van der Waals surface area contributed by atoms with Gasteiger partial charge in [0.05, 0.1) is 12.7 Å². The molecule has 4 aromatic carbocycles. The lowest BCUT2D eigenvalue weighted by Gasteiger charge is -2.28. The number of fused-ring (bicyclic) bond motifs is 1. The molecule has 1 aliphatic heterocycles. The smallest absolute Gasteiger partial charge is 0.326 e. The quantitative estimate of drug-likeness (QED) is 0.225. The fourth-order valence-electron chi connectivity index (χ4n) is 6.08. The van der Waals surface area contributed by atoms with Crippen LogP contribution in [0.1, 0.15) is 53.2 Å². The molecule has 1 fully saturated rings. The highest BCUT2D eigenvalue weighted by molar-refractivity contribution is 6.01. The molecule has 0 aliphatic carbocycles. The second kappa shape index (κ2) is 13.2. The van der Waals surface area contributed by atoms with Crippen molar-refractivity contribution in [1.82, 2.24) is 10.2 Å². The Kier molecular flexibility index (Phi) is 9.18. The Morgan fingerprint density at radius 2 is 1.57 bits per heavy atom. The molecule has 0 bridgehead atoms. The second-order valence-electron chi connectivity index (χ2n) is 10.8. The van der Waals surface area contributed by atoms with Crippen LogP contribution in [0.25, 0.3) is 21.9 Å². The minimum Gasteiger partial charge on any atom is -0.496 e. The largest absolute Gasteiger partial charge is 0.496 e. The Morgan fingerprint density at radius 3 is 2.31 bits per heavy atom. The van der Waals surface area contributed by atoms with Gasteiger partial charge in [0.25, 0.3) is 5.91 Å². The number of aryl methyl sites for hydroxylation is 1. The highest BCUT2D eigenvalue weighted by Gasteiger charge is 2.25. The number of carbonyl (C=O) groups excluding carboxylic acids is 1. The average molecular weight is 569 g/mol. The van der Waals surface area contributed by atoms with Gasteiger partial charge >= 0.3 is 5.97 Å². The number of ether oxygens (including phenoxy) is 1. The molecule has 2 N–H and O–H groups in total. The fraction of sp³-hybridized carbons (Fsp3) is 0.314. The molecule has 0 spiro atoms. The maximum atomic E-state index is 14.6. The van der Waals surface area contributed by atoms with Gasteiger partial charge in [-0.2, -0.15) is 0 Å². The van der Waals surface area contributed by atoms with Crippen LogP contribution < -0.4 is 10.1 Å². The fourth-order valence-corrected chi connectivity index (χ4v) is 6.08. The molecule has 7 heteroatoms. The topological polar surface area (TPSA) is 78.9 Å². The lowest BCUT2D eigenvalue weighted by atomic mass is 9.90. The summed E-state index contributed by atoms with van der Waals surface area (Å²) in [6.45, 7) is 4.80. The number of carboxylic acids is 1. The number of amides is 1. The maximum absolute atomic E-state index is 14.6. The number of piperidine rings is 1. The maximum Gasteiger partial charge on any atom is 0.326 e. The summed E-state index contributed by atoms with van der Waals surface area (Å²) in [4.78, 5) is 27.9. The summed E-state index contributed by atoms with van der Waals surface area (Å²) in [7, 11) is 1.68. The van der Waals surface area contributed by atoms with Crippen LogP contribution in [-0.4, -0.2) is 48.1 Å². The van der Waals surface area contributed by atoms with Crippen LogP contribution in [0, 0.1) is 5.82 Å². The summed E-state index contributed by atoms with van der Waals surface area (Å²) < 4.78 is 20.4. The minimum absolute atomic E-state index is 0.0460. The van der Waals surface area contributed by atoms with Crippen molar-refractivity contribution < 1.29 is 23.8 Å². The third-order valence-corrected chi connectivity index (χ3v) is 8.19. The first-order valence-corrected chi connectivity index (χ1v) is 14.6. The standard InChI is InChI=1S/C35H37FN2O4/c1-3-23-11-8-17-29(36)33(23)34(39)37-30(35(40)41)21-24-12-7-15-27-26(24)14-10-16-28(27)32-25(13-9-18-31(32)42-2)22-38-19-5-4-6-20-38/h7-18,30H,3-6,19-22H2,1-2H3,(H,37,39)(H,40,41)/t30-/m0/s1. The van der Waals surface area contributed by atoms with E-state index in [1.165, 1.54) is 30.9 Å². The molecule has 5 rings (SSSR count). The zero-order valence-corrected chi connectivity index (χ0v) is 24.2. The van der Waals surface area contributed by atoms with Crippen LogP contribution in [0.3, 0.4) is 0 Å². The van der Waals surface area contributed by atoms with Crippen LogP contribution in [0.4, 0.5) is 4.39 Å². The molecule has 42 heavy (non-hydrogen) atoms. The van der Waals surface area contributed by atoms with Gasteiger partial charge in [0.1, 0.15) is 17.6 Å². The van der Waals surface area contributed by atoms with Gasteiger partial charge in [0.15, 0.2) is 0 Å². The van der Waals surface area contributed by atoms with Gasteiger partial charge in [-0.3, -0.25) is 9.69 Å². The highest BCUT2D eigenvalue weighted by Crippen LogP contribution is 2.39. The van der Waals surface area contributed by atoms with Crippen molar-refractivity contribution in [3.8, 4) is 16.9 Å². The van der Waals surface area contributed by atoms with E-state index in [1.54, 1.807) is 19.2 Å². The third kappa shape index (κ3) is 6.16. The predicted octanol–water partition coefficient (Wildman–Crippen LogP) is 6.63. The molecule has 1 amide bonds. The van der Waals surface area contributed by atoms with E-state index >= 15 is 0 Å². The van der Waals surface area contributed by atoms with Crippen molar-refractivity contribution in [2.75, 3.05) is 20.2 Å². The van der Waals surface area contributed by atoms with E-state index in [9.17, 15) is 19.1 Å². The number of nitrogens with one attached hydrogen (secondary N) is 1. The number of hydrogen-bond donors (Lipinski definition) is 2. The van der Waals surface area contributed by atoms with Crippen LogP contribution in [0.2, 0.25) is 0 Å². The molecule has 0 saturated carbocycles. The molecular weight excluding hydrogens is 531 g/mol. The van der Waals surface area contributed by atoms with Gasteiger partial charge in [-0.1, -0.05) is 74.0 Å². The predicted molar refractivity (Wildman–Crippen MR) is 163 cm³/mol. The van der Waals surface area contributed by atoms with E-state index in [1.807, 2.05) is 49.4 Å². The van der Waals surface area contributed by atoms with Crippen LogP contribution in [0.5, 0.6) is 5.75 Å². The normalized spacial score (nSPS) is 14.5. The summed E-state index contributed by atoms with van der Waals surface area (Å²) in [6, 6.07) is 21.2. The van der Waals surface area contributed by atoms with Crippen LogP contribution in [-0.2, 0) is 24.2 Å². The number of aliphatic carboxylic acids is 1. The number of likely N-dealkylation sites (tertiary alicyclic amines) is 1. The van der Waals surface area contributed by atoms with Crippen LogP contribution >= 0.6 is 0 Å². The Bertz CT molecular complexity index is 1600. The van der Waals surface area contributed by atoms with Crippen molar-refractivity contribution in [3.05, 3.63) is 101 Å². The van der Waals surface area contributed by atoms with E-state index in [2.05, 4.69) is 22.3 Å². The lowest BCUT2D eigenvalue weighted by molar-refractivity contribution is -0.139. The lowest BCUT2D eigenvalue weighted by Crippen LogP contribution is -2.43. The number of methoxy groups -OCH3 is 1. The zero-order valence-electron chi connectivity index (χ0n) is 24.2. The Hall–Kier alpha value is -4.23. The SMILES string of the molecule is CCc1cccc(F)c1C(=O)N[C@@H](Cc1cccc2c(-c3c(CN4CCCCC4)cccc3OC)cccc12)C(=O)O. The number of carboxylic acid groups (broad SMARTS) is 1. The first-order valence-electron chi connectivity index (χ1n) is 14.6. The van der Waals surface area contributed by atoms with Gasteiger partial charge in [-0.25, -0.2) is 9.18 Å². The number of rotatable bonds is 10. The van der Waals surface area contributed by atoms with E-state index in [0.717, 1.165) is 52.8 Å². The Labute approximate surface area is 246 Å². The van der Waals surface area contributed by atoms with Crippen molar-refractivity contribution in [2.45, 2.75) is 51.6 Å². The summed E-state index contributed by atoms with van der Waals surface area (Å²) in [5.41, 5.74) is 4.42. The van der Waals surface area contributed by atoms with Crippen molar-refractivity contribution in [3.63, 3.8) is 0 Å². The summed E-state index contributed by atoms with van der Waals surface area (Å²) in [5.74, 6) is -1.79. The summed E-state index contributed by atoms with van der Waals surface area (Å²) >= 11 is 0. The number of benzene rings is 4. The van der Waals surface area contributed by atoms with E-state index < -0.39 is 23.7 Å².